The number of aromatic nitrogens is 2. The Balaban J connectivity index is 1.08. The Morgan fingerprint density at radius 1 is 0.333 bits per heavy atom. The van der Waals surface area contributed by atoms with Gasteiger partial charge in [0.25, 0.3) is 0 Å². The molecule has 0 N–H and O–H groups in total. The third kappa shape index (κ3) is 5.92. The molecular weight excluding hydrogens is 619 g/mol. The van der Waals surface area contributed by atoms with Crippen molar-refractivity contribution in [3.63, 3.8) is 0 Å². The summed E-state index contributed by atoms with van der Waals surface area (Å²) in [5, 5.41) is 4.80. The van der Waals surface area contributed by atoms with Crippen LogP contribution in [-0.4, -0.2) is 9.97 Å². The molecular formula is C48H33N3. The molecule has 51 heavy (non-hydrogen) atoms. The van der Waals surface area contributed by atoms with E-state index in [0.29, 0.717) is 5.82 Å². The van der Waals surface area contributed by atoms with Gasteiger partial charge >= 0.3 is 0 Å². The highest BCUT2D eigenvalue weighted by molar-refractivity contribution is 5.99. The highest BCUT2D eigenvalue weighted by atomic mass is 15.1. The molecule has 1 aromatic heterocycles. The fraction of sp³-hybridized carbons (Fsp3) is 0. The van der Waals surface area contributed by atoms with Crippen molar-refractivity contribution in [2.24, 2.45) is 0 Å². The fourth-order valence-electron chi connectivity index (χ4n) is 6.94. The fourth-order valence-corrected chi connectivity index (χ4v) is 6.94. The van der Waals surface area contributed by atoms with Crippen LogP contribution in [0.5, 0.6) is 0 Å². The first-order valence-electron chi connectivity index (χ1n) is 17.2. The van der Waals surface area contributed by atoms with E-state index < -0.39 is 0 Å². The normalized spacial score (nSPS) is 11.1. The molecule has 8 aromatic carbocycles. The maximum atomic E-state index is 5.15. The van der Waals surface area contributed by atoms with Gasteiger partial charge in [-0.25, -0.2) is 9.97 Å². The van der Waals surface area contributed by atoms with Crippen LogP contribution >= 0.6 is 0 Å². The van der Waals surface area contributed by atoms with Gasteiger partial charge in [-0.2, -0.15) is 0 Å². The summed E-state index contributed by atoms with van der Waals surface area (Å²) in [6.45, 7) is 0. The Hall–Kier alpha value is -6.84. The number of para-hydroxylation sites is 1. The predicted molar refractivity (Wildman–Crippen MR) is 213 cm³/mol. The van der Waals surface area contributed by atoms with Crippen LogP contribution in [0.1, 0.15) is 0 Å². The van der Waals surface area contributed by atoms with E-state index in [0.717, 1.165) is 56.3 Å². The average molecular weight is 652 g/mol. The van der Waals surface area contributed by atoms with Crippen LogP contribution < -0.4 is 4.90 Å². The van der Waals surface area contributed by atoms with E-state index >= 15 is 0 Å². The molecule has 0 atom stereocenters. The third-order valence-electron chi connectivity index (χ3n) is 9.49. The minimum absolute atomic E-state index is 0.703. The quantitative estimate of drug-likeness (QED) is 0.172. The maximum absolute atomic E-state index is 5.15. The van der Waals surface area contributed by atoms with Crippen molar-refractivity contribution in [3.8, 4) is 45.0 Å². The molecule has 0 fully saturated rings. The molecule has 1 heterocycles. The molecule has 240 valence electrons. The molecule has 0 aliphatic heterocycles. The van der Waals surface area contributed by atoms with Crippen molar-refractivity contribution in [2.45, 2.75) is 0 Å². The maximum Gasteiger partial charge on any atom is 0.160 e. The minimum atomic E-state index is 0.703. The predicted octanol–water partition coefficient (Wildman–Crippen LogP) is 12.9. The summed E-state index contributed by atoms with van der Waals surface area (Å²) >= 11 is 0. The molecule has 0 amide bonds. The van der Waals surface area contributed by atoms with Crippen LogP contribution in [0.2, 0.25) is 0 Å². The van der Waals surface area contributed by atoms with Gasteiger partial charge in [0.05, 0.1) is 17.1 Å². The summed E-state index contributed by atoms with van der Waals surface area (Å²) in [7, 11) is 0. The largest absolute Gasteiger partial charge is 0.310 e. The number of nitrogens with zero attached hydrogens (tertiary/aromatic N) is 3. The monoisotopic (exact) mass is 651 g/mol. The lowest BCUT2D eigenvalue weighted by atomic mass is 10.00. The molecule has 0 radical (unpaired) electrons. The van der Waals surface area contributed by atoms with Crippen LogP contribution in [0.4, 0.5) is 17.1 Å². The van der Waals surface area contributed by atoms with Crippen molar-refractivity contribution in [1.29, 1.82) is 0 Å². The summed E-state index contributed by atoms with van der Waals surface area (Å²) < 4.78 is 0. The molecule has 0 saturated carbocycles. The molecule has 0 unspecified atom stereocenters. The number of hydrogen-bond acceptors (Lipinski definition) is 3. The molecule has 0 aliphatic carbocycles. The number of fused-ring (bicyclic) bond motifs is 2. The Labute approximate surface area is 297 Å². The van der Waals surface area contributed by atoms with E-state index in [4.69, 9.17) is 9.97 Å². The van der Waals surface area contributed by atoms with E-state index in [1.165, 1.54) is 21.5 Å². The first-order valence-corrected chi connectivity index (χ1v) is 17.2. The van der Waals surface area contributed by atoms with Crippen molar-refractivity contribution in [1.82, 2.24) is 9.97 Å². The zero-order valence-electron chi connectivity index (χ0n) is 27.9. The number of rotatable bonds is 7. The molecule has 0 spiro atoms. The van der Waals surface area contributed by atoms with Gasteiger partial charge in [-0.3, -0.25) is 0 Å². The van der Waals surface area contributed by atoms with Crippen molar-refractivity contribution < 1.29 is 0 Å². The summed E-state index contributed by atoms with van der Waals surface area (Å²) in [6, 6.07) is 70.4. The molecule has 3 heteroatoms. The first kappa shape index (κ1) is 30.2. The number of anilines is 3. The topological polar surface area (TPSA) is 29.0 Å². The summed E-state index contributed by atoms with van der Waals surface area (Å²) in [5.41, 5.74) is 10.6. The van der Waals surface area contributed by atoms with Gasteiger partial charge in [0, 0.05) is 33.5 Å². The molecule has 0 bridgehead atoms. The molecule has 9 aromatic rings. The van der Waals surface area contributed by atoms with Crippen LogP contribution in [0.3, 0.4) is 0 Å². The molecule has 0 aliphatic rings. The SMILES string of the molecule is c1ccc(-c2cc(-c3cccc4ccccc34)nc(-c3ccc(-c4ccc(N(c5ccccc5)c5cccc6ccccc56)cc4)cc3)n2)cc1. The summed E-state index contributed by atoms with van der Waals surface area (Å²) in [4.78, 5) is 12.6. The van der Waals surface area contributed by atoms with Gasteiger partial charge in [0.1, 0.15) is 0 Å². The first-order chi connectivity index (χ1) is 25.3. The van der Waals surface area contributed by atoms with Gasteiger partial charge in [-0.05, 0) is 63.7 Å². The van der Waals surface area contributed by atoms with E-state index in [9.17, 15) is 0 Å². The lowest BCUT2D eigenvalue weighted by molar-refractivity contribution is 1.18. The zero-order chi connectivity index (χ0) is 34.0. The van der Waals surface area contributed by atoms with Crippen molar-refractivity contribution in [3.05, 3.63) is 200 Å². The molecule has 0 saturated heterocycles. The van der Waals surface area contributed by atoms with E-state index in [2.05, 4.69) is 199 Å². The van der Waals surface area contributed by atoms with Crippen molar-refractivity contribution >= 4 is 38.6 Å². The standard InChI is InChI=1S/C48H33N3/c1-3-15-38(16-4-1)45-33-46(44-23-11-17-36-13-7-9-21-42(36)44)50-48(49-45)39-27-25-34(26-28-39)35-29-31-41(32-30-35)51(40-19-5-2-6-20-40)47-24-12-18-37-14-8-10-22-43(37)47/h1-33H. The summed E-state index contributed by atoms with van der Waals surface area (Å²) in [5.74, 6) is 0.703. The summed E-state index contributed by atoms with van der Waals surface area (Å²) in [6.07, 6.45) is 0. The van der Waals surface area contributed by atoms with Gasteiger partial charge in [0.2, 0.25) is 0 Å². The Morgan fingerprint density at radius 2 is 0.843 bits per heavy atom. The Morgan fingerprint density at radius 3 is 1.57 bits per heavy atom. The second kappa shape index (κ2) is 13.2. The van der Waals surface area contributed by atoms with Crippen LogP contribution in [0.15, 0.2) is 200 Å². The van der Waals surface area contributed by atoms with Crippen molar-refractivity contribution in [2.75, 3.05) is 4.90 Å². The lowest BCUT2D eigenvalue weighted by Gasteiger charge is -2.27. The van der Waals surface area contributed by atoms with Gasteiger partial charge in [-0.1, -0.05) is 164 Å². The second-order valence-electron chi connectivity index (χ2n) is 12.6. The zero-order valence-corrected chi connectivity index (χ0v) is 27.9. The van der Waals surface area contributed by atoms with Crippen LogP contribution in [0, 0.1) is 0 Å². The highest BCUT2D eigenvalue weighted by Crippen LogP contribution is 2.39. The van der Waals surface area contributed by atoms with Crippen LogP contribution in [0.25, 0.3) is 66.6 Å². The van der Waals surface area contributed by atoms with Crippen LogP contribution in [-0.2, 0) is 0 Å². The van der Waals surface area contributed by atoms with E-state index in [1.807, 2.05) is 6.07 Å². The minimum Gasteiger partial charge on any atom is -0.310 e. The number of benzene rings is 8. The number of hydrogen-bond donors (Lipinski definition) is 0. The highest BCUT2D eigenvalue weighted by Gasteiger charge is 2.16. The molecule has 3 nitrogen and oxygen atoms in total. The lowest BCUT2D eigenvalue weighted by Crippen LogP contribution is -2.10. The second-order valence-corrected chi connectivity index (χ2v) is 12.6. The van der Waals surface area contributed by atoms with E-state index in [1.54, 1.807) is 0 Å². The third-order valence-corrected chi connectivity index (χ3v) is 9.49. The van der Waals surface area contributed by atoms with Gasteiger partial charge in [-0.15, -0.1) is 0 Å². The van der Waals surface area contributed by atoms with Gasteiger partial charge in [0.15, 0.2) is 5.82 Å². The van der Waals surface area contributed by atoms with E-state index in [-0.39, 0.29) is 0 Å². The Kier molecular flexibility index (Phi) is 7.84. The Bertz CT molecular complexity index is 2600. The van der Waals surface area contributed by atoms with Gasteiger partial charge < -0.3 is 4.90 Å². The molecule has 9 rings (SSSR count). The smallest absolute Gasteiger partial charge is 0.160 e. The average Bonchev–Trinajstić information content (AvgIpc) is 3.22.